The van der Waals surface area contributed by atoms with Crippen molar-refractivity contribution in [1.82, 2.24) is 10.2 Å². The van der Waals surface area contributed by atoms with E-state index in [1.807, 2.05) is 6.07 Å². The number of benzene rings is 1. The highest BCUT2D eigenvalue weighted by Crippen LogP contribution is 2.25. The summed E-state index contributed by atoms with van der Waals surface area (Å²) in [6.07, 6.45) is 2.48. The second-order valence-electron chi connectivity index (χ2n) is 5.30. The van der Waals surface area contributed by atoms with Crippen LogP contribution in [-0.2, 0) is 0 Å². The number of rotatable bonds is 5. The van der Waals surface area contributed by atoms with Crippen molar-refractivity contribution < 1.29 is 9.13 Å². The Kier molecular flexibility index (Phi) is 4.77. The highest BCUT2D eigenvalue weighted by Gasteiger charge is 2.20. The molecule has 1 aliphatic rings. The van der Waals surface area contributed by atoms with Gasteiger partial charge in [0, 0.05) is 18.6 Å². The summed E-state index contributed by atoms with van der Waals surface area (Å²) in [6.45, 7) is 4.22. The van der Waals surface area contributed by atoms with Crippen LogP contribution in [0.2, 0.25) is 0 Å². The Labute approximate surface area is 114 Å². The van der Waals surface area contributed by atoms with E-state index in [2.05, 4.69) is 24.2 Å². The number of halogens is 1. The molecule has 2 atom stereocenters. The van der Waals surface area contributed by atoms with Crippen molar-refractivity contribution in [2.45, 2.75) is 31.8 Å². The summed E-state index contributed by atoms with van der Waals surface area (Å²) >= 11 is 0. The summed E-state index contributed by atoms with van der Waals surface area (Å²) in [5.41, 5.74) is 0.985. The molecule has 0 aliphatic carbocycles. The summed E-state index contributed by atoms with van der Waals surface area (Å²) in [5, 5.41) is 3.49. The van der Waals surface area contributed by atoms with Crippen molar-refractivity contribution >= 4 is 0 Å². The molecule has 106 valence electrons. The summed E-state index contributed by atoms with van der Waals surface area (Å²) in [5.74, 6) is 0.00954. The number of nitrogens with zero attached hydrogens (tertiary/aromatic N) is 1. The molecule has 1 aliphatic heterocycles. The first-order chi connectivity index (χ1) is 9.11. The second-order valence-corrected chi connectivity index (χ2v) is 5.30. The van der Waals surface area contributed by atoms with Gasteiger partial charge in [0.25, 0.3) is 0 Å². The lowest BCUT2D eigenvalue weighted by atomic mass is 10.1. The van der Waals surface area contributed by atoms with Crippen molar-refractivity contribution in [1.29, 1.82) is 0 Å². The van der Waals surface area contributed by atoms with E-state index in [4.69, 9.17) is 4.74 Å². The largest absolute Gasteiger partial charge is 0.494 e. The van der Waals surface area contributed by atoms with Crippen LogP contribution in [0.3, 0.4) is 0 Å². The van der Waals surface area contributed by atoms with Gasteiger partial charge in [0.2, 0.25) is 0 Å². The Morgan fingerprint density at radius 1 is 1.53 bits per heavy atom. The molecule has 2 rings (SSSR count). The van der Waals surface area contributed by atoms with Crippen LogP contribution in [0.5, 0.6) is 5.75 Å². The molecule has 0 spiro atoms. The molecule has 1 aromatic carbocycles. The Morgan fingerprint density at radius 2 is 2.32 bits per heavy atom. The van der Waals surface area contributed by atoms with Crippen LogP contribution in [0.4, 0.5) is 4.39 Å². The molecule has 0 bridgehead atoms. The number of hydrogen-bond donors (Lipinski definition) is 1. The van der Waals surface area contributed by atoms with Crippen LogP contribution in [0.1, 0.15) is 31.4 Å². The molecule has 4 heteroatoms. The average molecular weight is 266 g/mol. The summed E-state index contributed by atoms with van der Waals surface area (Å²) in [7, 11) is 3.58. The maximum absolute atomic E-state index is 13.7. The topological polar surface area (TPSA) is 24.5 Å². The monoisotopic (exact) mass is 266 g/mol. The lowest BCUT2D eigenvalue weighted by Gasteiger charge is -2.28. The number of hydrogen-bond acceptors (Lipinski definition) is 3. The minimum atomic E-state index is -0.292. The molecule has 2 unspecified atom stereocenters. The van der Waals surface area contributed by atoms with Crippen LogP contribution < -0.4 is 10.1 Å². The maximum Gasteiger partial charge on any atom is 0.165 e. The summed E-state index contributed by atoms with van der Waals surface area (Å²) in [6, 6.07) is 5.97. The van der Waals surface area contributed by atoms with Gasteiger partial charge < -0.3 is 10.1 Å². The molecule has 1 fully saturated rings. The maximum atomic E-state index is 13.7. The van der Waals surface area contributed by atoms with Gasteiger partial charge in [-0.1, -0.05) is 6.07 Å². The third-order valence-corrected chi connectivity index (χ3v) is 3.99. The van der Waals surface area contributed by atoms with Gasteiger partial charge in [0.1, 0.15) is 0 Å². The second kappa shape index (κ2) is 6.35. The molecule has 1 saturated heterocycles. The van der Waals surface area contributed by atoms with E-state index in [9.17, 15) is 4.39 Å². The lowest BCUT2D eigenvalue weighted by Crippen LogP contribution is -2.36. The van der Waals surface area contributed by atoms with E-state index in [-0.39, 0.29) is 11.9 Å². The van der Waals surface area contributed by atoms with Gasteiger partial charge in [0.05, 0.1) is 7.11 Å². The molecular formula is C15H23FN2O. The molecule has 0 amide bonds. The third-order valence-electron chi connectivity index (χ3n) is 3.99. The molecule has 1 aromatic rings. The predicted molar refractivity (Wildman–Crippen MR) is 75.0 cm³/mol. The molecule has 3 nitrogen and oxygen atoms in total. The molecule has 0 saturated carbocycles. The quantitative estimate of drug-likeness (QED) is 0.886. The number of nitrogens with one attached hydrogen (secondary N) is 1. The number of likely N-dealkylation sites (N-methyl/N-ethyl adjacent to an activating group) is 1. The van der Waals surface area contributed by atoms with Gasteiger partial charge in [-0.2, -0.15) is 0 Å². The first-order valence-corrected chi connectivity index (χ1v) is 6.89. The molecule has 1 N–H and O–H groups in total. The first kappa shape index (κ1) is 14.3. The Balaban J connectivity index is 2.01. The SMILES string of the molecule is COc1ccc(C(C)N(C)CC2CCCN2)cc1F. The molecule has 0 radical (unpaired) electrons. The van der Waals surface area contributed by atoms with E-state index in [0.29, 0.717) is 11.8 Å². The Bertz CT molecular complexity index is 419. The van der Waals surface area contributed by atoms with Gasteiger partial charge in [-0.25, -0.2) is 4.39 Å². The van der Waals surface area contributed by atoms with E-state index in [0.717, 1.165) is 18.7 Å². The third kappa shape index (κ3) is 3.45. The zero-order chi connectivity index (χ0) is 13.8. The normalized spacial score (nSPS) is 20.8. The van der Waals surface area contributed by atoms with Crippen LogP contribution >= 0.6 is 0 Å². The first-order valence-electron chi connectivity index (χ1n) is 6.89. The zero-order valence-electron chi connectivity index (χ0n) is 11.9. The van der Waals surface area contributed by atoms with E-state index < -0.39 is 0 Å². The van der Waals surface area contributed by atoms with Crippen molar-refractivity contribution in [2.24, 2.45) is 0 Å². The molecular weight excluding hydrogens is 243 g/mol. The minimum absolute atomic E-state index is 0.197. The molecule has 0 aromatic heterocycles. The van der Waals surface area contributed by atoms with Crippen molar-refractivity contribution in [3.05, 3.63) is 29.6 Å². The van der Waals surface area contributed by atoms with Crippen molar-refractivity contribution in [3.63, 3.8) is 0 Å². The van der Waals surface area contributed by atoms with Crippen molar-refractivity contribution in [3.8, 4) is 5.75 Å². The van der Waals surface area contributed by atoms with E-state index >= 15 is 0 Å². The fourth-order valence-corrected chi connectivity index (χ4v) is 2.62. The van der Waals surface area contributed by atoms with Crippen LogP contribution in [0.25, 0.3) is 0 Å². The predicted octanol–water partition coefficient (Wildman–Crippen LogP) is 2.58. The summed E-state index contributed by atoms with van der Waals surface area (Å²) < 4.78 is 18.7. The summed E-state index contributed by atoms with van der Waals surface area (Å²) in [4.78, 5) is 2.27. The smallest absolute Gasteiger partial charge is 0.165 e. The highest BCUT2D eigenvalue weighted by atomic mass is 19.1. The van der Waals surface area contributed by atoms with Crippen LogP contribution in [-0.4, -0.2) is 38.2 Å². The Morgan fingerprint density at radius 3 is 2.89 bits per heavy atom. The van der Waals surface area contributed by atoms with E-state index in [1.54, 1.807) is 12.1 Å². The highest BCUT2D eigenvalue weighted by molar-refractivity contribution is 5.30. The van der Waals surface area contributed by atoms with Gasteiger partial charge in [-0.05, 0) is 51.1 Å². The lowest BCUT2D eigenvalue weighted by molar-refractivity contribution is 0.237. The van der Waals surface area contributed by atoms with Gasteiger partial charge in [-0.15, -0.1) is 0 Å². The number of methoxy groups -OCH3 is 1. The molecule has 1 heterocycles. The molecule has 19 heavy (non-hydrogen) atoms. The minimum Gasteiger partial charge on any atom is -0.494 e. The number of ether oxygens (including phenoxy) is 1. The zero-order valence-corrected chi connectivity index (χ0v) is 11.9. The van der Waals surface area contributed by atoms with Crippen LogP contribution in [0, 0.1) is 5.82 Å². The van der Waals surface area contributed by atoms with Crippen molar-refractivity contribution in [2.75, 3.05) is 27.2 Å². The Hall–Kier alpha value is -1.13. The average Bonchev–Trinajstić information content (AvgIpc) is 2.90. The van der Waals surface area contributed by atoms with Gasteiger partial charge in [0.15, 0.2) is 11.6 Å². The van der Waals surface area contributed by atoms with Crippen LogP contribution in [0.15, 0.2) is 18.2 Å². The standard InChI is InChI=1S/C15H23FN2O/c1-11(18(2)10-13-5-4-8-17-13)12-6-7-15(19-3)14(16)9-12/h6-7,9,11,13,17H,4-5,8,10H2,1-3H3. The van der Waals surface area contributed by atoms with Gasteiger partial charge in [-0.3, -0.25) is 4.90 Å². The fraction of sp³-hybridized carbons (Fsp3) is 0.600. The fourth-order valence-electron chi connectivity index (χ4n) is 2.62. The van der Waals surface area contributed by atoms with E-state index in [1.165, 1.54) is 20.0 Å². The van der Waals surface area contributed by atoms with Gasteiger partial charge >= 0.3 is 0 Å².